The van der Waals surface area contributed by atoms with Gasteiger partial charge in [0.15, 0.2) is 0 Å². The Kier molecular flexibility index (Phi) is 7.48. The highest BCUT2D eigenvalue weighted by atomic mass is 127. The monoisotopic (exact) mass is 696 g/mol. The summed E-state index contributed by atoms with van der Waals surface area (Å²) in [5, 5.41) is 0.927. The van der Waals surface area contributed by atoms with Crippen LogP contribution in [0.15, 0.2) is 29.1 Å². The molecule has 0 spiro atoms. The molecule has 1 atom stereocenters. The summed E-state index contributed by atoms with van der Waals surface area (Å²) in [5.41, 5.74) is 5.54. The maximum absolute atomic E-state index is 13.7. The van der Waals surface area contributed by atoms with E-state index in [0.717, 1.165) is 58.2 Å². The summed E-state index contributed by atoms with van der Waals surface area (Å²) in [5.74, 6) is 0.198. The number of halogens is 1. The second-order valence-electron chi connectivity index (χ2n) is 12.2. The summed E-state index contributed by atoms with van der Waals surface area (Å²) >= 11 is 2.13. The lowest BCUT2D eigenvalue weighted by Gasteiger charge is -2.39. The van der Waals surface area contributed by atoms with Gasteiger partial charge in [-0.15, -0.1) is 0 Å². The van der Waals surface area contributed by atoms with E-state index in [-0.39, 0.29) is 24.2 Å². The number of carbonyl (C=O) groups is 2. The van der Waals surface area contributed by atoms with Crippen molar-refractivity contribution in [3.63, 3.8) is 0 Å². The molecule has 1 aromatic carbocycles. The highest BCUT2D eigenvalue weighted by Crippen LogP contribution is 2.44. The Hall–Kier alpha value is -2.99. The predicted molar refractivity (Wildman–Crippen MR) is 172 cm³/mol. The molecule has 10 heteroatoms. The van der Waals surface area contributed by atoms with E-state index >= 15 is 0 Å². The number of alkyl halides is 1. The molecule has 7 rings (SSSR count). The smallest absolute Gasteiger partial charge is 0.415 e. The second-order valence-corrected chi connectivity index (χ2v) is 14.0. The first kappa shape index (κ1) is 28.8. The third-order valence-corrected chi connectivity index (χ3v) is 11.7. The number of ether oxygens (including phenoxy) is 2. The Morgan fingerprint density at radius 2 is 1.84 bits per heavy atom. The summed E-state index contributed by atoms with van der Waals surface area (Å²) < 4.78 is 12.2. The van der Waals surface area contributed by atoms with Gasteiger partial charge in [-0.3, -0.25) is 9.59 Å². The van der Waals surface area contributed by atoms with E-state index in [2.05, 4.69) is 34.4 Å². The maximum Gasteiger partial charge on any atom is 0.415 e. The van der Waals surface area contributed by atoms with E-state index < -0.39 is 3.42 Å². The molecule has 1 amide bonds. The van der Waals surface area contributed by atoms with Crippen LogP contribution in [0.4, 0.5) is 4.79 Å². The van der Waals surface area contributed by atoms with Gasteiger partial charge in [-0.2, -0.15) is 0 Å². The number of hydrogen-bond donors (Lipinski definition) is 0. The molecule has 2 saturated heterocycles. The van der Waals surface area contributed by atoms with Crippen molar-refractivity contribution in [1.29, 1.82) is 0 Å². The zero-order valence-corrected chi connectivity index (χ0v) is 26.9. The fourth-order valence-corrected chi connectivity index (χ4v) is 8.09. The summed E-state index contributed by atoms with van der Waals surface area (Å²) in [7, 11) is 0. The molecule has 0 radical (unpaired) electrons. The van der Waals surface area contributed by atoms with Gasteiger partial charge in [-0.1, -0.05) is 42.9 Å². The van der Waals surface area contributed by atoms with Crippen LogP contribution in [0.2, 0.25) is 0 Å². The highest BCUT2D eigenvalue weighted by molar-refractivity contribution is 14.1. The molecule has 9 nitrogen and oxygen atoms in total. The number of pyridine rings is 2. The Morgan fingerprint density at radius 1 is 1.07 bits per heavy atom. The molecular weight excluding hydrogens is 659 g/mol. The quantitative estimate of drug-likeness (QED) is 0.157. The van der Waals surface area contributed by atoms with Gasteiger partial charge in [0.05, 0.1) is 29.0 Å². The van der Waals surface area contributed by atoms with Crippen LogP contribution in [0.3, 0.4) is 0 Å². The standard InChI is InChI=1S/C33H37IN4O5/c1-3-22-23-16-21(43-32(41)37-14-10-20(11-15-37)36-12-6-5-7-13-36)8-9-27(23)35-29-24(22)18-38-28(29)17-26-25(30(38)39)19-42-31(40)33(26,34)4-2/h8-9,16-17,20H,3-7,10-15,18-19H2,1-2H3/t33-/m0/s1. The number of amides is 1. The molecular formula is C33H37IN4O5. The third kappa shape index (κ3) is 4.75. The number of piperidine rings is 2. The number of likely N-dealkylation sites (tertiary alicyclic amines) is 2. The fraction of sp³-hybridized carbons (Fsp3) is 0.515. The minimum Gasteiger partial charge on any atom is -0.459 e. The highest BCUT2D eigenvalue weighted by Gasteiger charge is 2.45. The van der Waals surface area contributed by atoms with Gasteiger partial charge in [0.1, 0.15) is 15.8 Å². The van der Waals surface area contributed by atoms with Crippen LogP contribution >= 0.6 is 22.6 Å². The second kappa shape index (κ2) is 11.2. The van der Waals surface area contributed by atoms with Crippen molar-refractivity contribution in [3.8, 4) is 17.1 Å². The van der Waals surface area contributed by atoms with Crippen molar-refractivity contribution in [1.82, 2.24) is 19.4 Å². The van der Waals surface area contributed by atoms with Gasteiger partial charge in [-0.05, 0) is 87.0 Å². The number of benzene rings is 1. The molecule has 43 heavy (non-hydrogen) atoms. The lowest BCUT2D eigenvalue weighted by molar-refractivity contribution is -0.149. The number of cyclic esters (lactones) is 1. The molecule has 0 aliphatic carbocycles. The molecule has 2 aromatic heterocycles. The summed E-state index contributed by atoms with van der Waals surface area (Å²) in [6.45, 7) is 8.22. The average Bonchev–Trinajstić information content (AvgIpc) is 3.41. The zero-order valence-electron chi connectivity index (χ0n) is 24.8. The van der Waals surface area contributed by atoms with Crippen LogP contribution in [0, 0.1) is 0 Å². The minimum absolute atomic E-state index is 0.00489. The minimum atomic E-state index is -0.894. The van der Waals surface area contributed by atoms with Crippen molar-refractivity contribution < 1.29 is 19.1 Å². The number of aromatic nitrogens is 2. The SMILES string of the molecule is CCc1c2c(nc3ccc(OC(=O)N4CCC(N5CCCCC5)CC4)cc13)-c1cc3c(c(=O)n1C2)COC(=O)[C@]3(I)CC. The molecule has 0 bridgehead atoms. The molecule has 4 aliphatic rings. The van der Waals surface area contributed by atoms with E-state index in [9.17, 15) is 14.4 Å². The number of hydrogen-bond acceptors (Lipinski definition) is 7. The Labute approximate surface area is 264 Å². The van der Waals surface area contributed by atoms with Crippen molar-refractivity contribution >= 4 is 45.6 Å². The van der Waals surface area contributed by atoms with Crippen LogP contribution in [-0.4, -0.2) is 63.6 Å². The largest absolute Gasteiger partial charge is 0.459 e. The summed E-state index contributed by atoms with van der Waals surface area (Å²) in [6.07, 6.45) is 6.82. The lowest BCUT2D eigenvalue weighted by atomic mass is 9.90. The Balaban J connectivity index is 1.16. The van der Waals surface area contributed by atoms with E-state index in [1.54, 1.807) is 10.6 Å². The topological polar surface area (TPSA) is 94.0 Å². The van der Waals surface area contributed by atoms with Gasteiger partial charge < -0.3 is 23.8 Å². The number of esters is 1. The first-order valence-corrected chi connectivity index (χ1v) is 16.7. The van der Waals surface area contributed by atoms with E-state index in [1.165, 1.54) is 32.4 Å². The summed E-state index contributed by atoms with van der Waals surface area (Å²) in [4.78, 5) is 49.0. The van der Waals surface area contributed by atoms with Crippen LogP contribution in [0.1, 0.15) is 74.6 Å². The van der Waals surface area contributed by atoms with Gasteiger partial charge >= 0.3 is 12.1 Å². The first-order valence-electron chi connectivity index (χ1n) is 15.6. The first-order chi connectivity index (χ1) is 20.8. The van der Waals surface area contributed by atoms with Crippen molar-refractivity contribution in [2.75, 3.05) is 26.2 Å². The molecule has 4 aliphatic heterocycles. The molecule has 3 aromatic rings. The van der Waals surface area contributed by atoms with Crippen molar-refractivity contribution in [2.45, 2.75) is 81.4 Å². The zero-order chi connectivity index (χ0) is 29.9. The van der Waals surface area contributed by atoms with Crippen LogP contribution < -0.4 is 10.3 Å². The number of carbonyl (C=O) groups excluding carboxylic acids is 2. The Morgan fingerprint density at radius 3 is 2.56 bits per heavy atom. The van der Waals surface area contributed by atoms with Crippen molar-refractivity contribution in [3.05, 3.63) is 56.9 Å². The van der Waals surface area contributed by atoms with E-state index in [0.29, 0.717) is 43.4 Å². The average molecular weight is 697 g/mol. The molecule has 2 fully saturated rings. The number of fused-ring (bicyclic) bond motifs is 5. The normalized spacial score (nSPS) is 22.2. The van der Waals surface area contributed by atoms with Crippen LogP contribution in [-0.2, 0) is 32.5 Å². The van der Waals surface area contributed by atoms with Gasteiger partial charge in [0.25, 0.3) is 5.56 Å². The number of aryl methyl sites for hydroxylation is 1. The predicted octanol–water partition coefficient (Wildman–Crippen LogP) is 5.53. The molecule has 226 valence electrons. The molecule has 0 N–H and O–H groups in total. The van der Waals surface area contributed by atoms with Gasteiger partial charge in [-0.25, -0.2) is 9.78 Å². The van der Waals surface area contributed by atoms with Crippen molar-refractivity contribution in [2.24, 2.45) is 0 Å². The Bertz CT molecular complexity index is 1690. The maximum atomic E-state index is 13.7. The number of nitrogens with zero attached hydrogens (tertiary/aromatic N) is 4. The molecule has 0 saturated carbocycles. The third-order valence-electron chi connectivity index (χ3n) is 9.91. The van der Waals surface area contributed by atoms with E-state index in [1.807, 2.05) is 30.0 Å². The molecule has 6 heterocycles. The summed E-state index contributed by atoms with van der Waals surface area (Å²) in [6, 6.07) is 8.15. The van der Waals surface area contributed by atoms with Crippen LogP contribution in [0.5, 0.6) is 5.75 Å². The van der Waals surface area contributed by atoms with Gasteiger partial charge in [0, 0.05) is 30.1 Å². The number of rotatable bonds is 4. The van der Waals surface area contributed by atoms with E-state index in [4.69, 9.17) is 14.5 Å². The lowest BCUT2D eigenvalue weighted by Crippen LogP contribution is -2.48. The van der Waals surface area contributed by atoms with Gasteiger partial charge in [0.2, 0.25) is 0 Å². The van der Waals surface area contributed by atoms with Crippen LogP contribution in [0.25, 0.3) is 22.3 Å². The fourth-order valence-electron chi connectivity index (χ4n) is 7.45. The molecule has 0 unspecified atom stereocenters.